The number of anilines is 2. The minimum atomic E-state index is -0.755. The summed E-state index contributed by atoms with van der Waals surface area (Å²) in [6.07, 6.45) is 16.9. The molecule has 1 aliphatic heterocycles. The van der Waals surface area contributed by atoms with Crippen LogP contribution in [0.2, 0.25) is 0 Å². The molecule has 0 radical (unpaired) electrons. The minimum absolute atomic E-state index is 0.137. The second-order valence-corrected chi connectivity index (χ2v) is 11.8. The number of allylic oxidation sites excluding steroid dienone is 1. The Morgan fingerprint density at radius 3 is 2.86 bits per heavy atom. The Morgan fingerprint density at radius 1 is 1.19 bits per heavy atom. The van der Waals surface area contributed by atoms with Gasteiger partial charge in [-0.05, 0) is 85.5 Å². The van der Waals surface area contributed by atoms with Crippen LogP contribution in [0.1, 0.15) is 64.7 Å². The number of fused-ring (bicyclic) bond motifs is 4. The van der Waals surface area contributed by atoms with E-state index in [0.717, 1.165) is 17.8 Å². The Balaban J connectivity index is 1.31. The zero-order valence-electron chi connectivity index (χ0n) is 20.5. The highest BCUT2D eigenvalue weighted by atomic mass is 32.2. The van der Waals surface area contributed by atoms with Gasteiger partial charge in [0.05, 0.1) is 4.88 Å². The summed E-state index contributed by atoms with van der Waals surface area (Å²) in [5.74, 6) is -0.164. The average Bonchev–Trinajstić information content (AvgIpc) is 3.59. The van der Waals surface area contributed by atoms with Crippen LogP contribution in [0.25, 0.3) is 18.2 Å². The van der Waals surface area contributed by atoms with E-state index in [1.54, 1.807) is 23.1 Å². The van der Waals surface area contributed by atoms with Crippen LogP contribution in [0.5, 0.6) is 0 Å². The molecule has 1 N–H and O–H groups in total. The molecule has 2 aromatic carbocycles. The van der Waals surface area contributed by atoms with Crippen LogP contribution in [0.15, 0.2) is 53.4 Å². The van der Waals surface area contributed by atoms with Gasteiger partial charge < -0.3 is 10.0 Å². The highest BCUT2D eigenvalue weighted by molar-refractivity contribution is 7.98. The molecule has 2 heterocycles. The number of aliphatic carboxylic acids is 1. The number of hydrogen-bond acceptors (Lipinski definition) is 4. The predicted molar refractivity (Wildman–Crippen MR) is 150 cm³/mol. The third-order valence-corrected chi connectivity index (χ3v) is 9.69. The van der Waals surface area contributed by atoms with E-state index in [-0.39, 0.29) is 6.42 Å². The van der Waals surface area contributed by atoms with Gasteiger partial charge in [0.2, 0.25) is 5.69 Å². The van der Waals surface area contributed by atoms with Gasteiger partial charge in [0.15, 0.2) is 6.54 Å². The smallest absolute Gasteiger partial charge is 0.309 e. The molecule has 1 saturated carbocycles. The first-order chi connectivity index (χ1) is 17.6. The van der Waals surface area contributed by atoms with E-state index in [2.05, 4.69) is 82.5 Å². The lowest BCUT2D eigenvalue weighted by molar-refractivity contribution is -0.694. The van der Waals surface area contributed by atoms with Gasteiger partial charge in [-0.25, -0.2) is 0 Å². The molecule has 3 aromatic rings. The van der Waals surface area contributed by atoms with Crippen molar-refractivity contribution in [3.05, 3.63) is 75.2 Å². The summed E-state index contributed by atoms with van der Waals surface area (Å²) >= 11 is 3.58. The van der Waals surface area contributed by atoms with E-state index in [0.29, 0.717) is 18.5 Å². The molecule has 1 fully saturated rings. The predicted octanol–water partition coefficient (Wildman–Crippen LogP) is 7.15. The first-order valence-corrected chi connectivity index (χ1v) is 14.9. The zero-order chi connectivity index (χ0) is 24.6. The topological polar surface area (TPSA) is 44.4 Å². The molecule has 2 aliphatic carbocycles. The number of thiazole rings is 1. The van der Waals surface area contributed by atoms with Crippen LogP contribution in [0.3, 0.4) is 0 Å². The van der Waals surface area contributed by atoms with Crippen LogP contribution < -0.4 is 9.47 Å². The van der Waals surface area contributed by atoms with Crippen LogP contribution in [-0.2, 0) is 17.8 Å². The second-order valence-electron chi connectivity index (χ2n) is 9.81. The lowest BCUT2D eigenvalue weighted by atomic mass is 9.96. The summed E-state index contributed by atoms with van der Waals surface area (Å²) in [7, 11) is 0. The van der Waals surface area contributed by atoms with Gasteiger partial charge in [-0.3, -0.25) is 4.79 Å². The number of rotatable bonds is 7. The fraction of sp³-hybridized carbons (Fsp3) is 0.333. The molecule has 0 spiro atoms. The standard InChI is InChI=1S/C30H30N2O2S2/c1-35-22-13-11-21(12-14-22)32-25-7-4-5-23(25)24-19-20(9-15-26(24)32)10-16-29-31(18-17-30(33)34)27-6-2-3-8-28(27)36-29/h2,6,9-16,19,23,25H,3-5,7-8,17-18H2,1H3/p+1. The van der Waals surface area contributed by atoms with Crippen LogP contribution in [0.4, 0.5) is 11.4 Å². The van der Waals surface area contributed by atoms with E-state index in [4.69, 9.17) is 0 Å². The molecule has 0 saturated heterocycles. The van der Waals surface area contributed by atoms with Crippen molar-refractivity contribution in [2.24, 2.45) is 0 Å². The highest BCUT2D eigenvalue weighted by Crippen LogP contribution is 2.52. The lowest BCUT2D eigenvalue weighted by Gasteiger charge is -2.27. The van der Waals surface area contributed by atoms with Crippen molar-refractivity contribution in [3.63, 3.8) is 0 Å². The van der Waals surface area contributed by atoms with Crippen molar-refractivity contribution >= 4 is 58.7 Å². The summed E-state index contributed by atoms with van der Waals surface area (Å²) in [5.41, 5.74) is 6.51. The van der Waals surface area contributed by atoms with Crippen molar-refractivity contribution in [2.75, 3.05) is 11.2 Å². The zero-order valence-corrected chi connectivity index (χ0v) is 22.2. The van der Waals surface area contributed by atoms with E-state index in [1.165, 1.54) is 57.2 Å². The van der Waals surface area contributed by atoms with E-state index in [1.807, 2.05) is 0 Å². The molecular formula is C30H31N2O2S2+. The molecular weight excluding hydrogens is 484 g/mol. The Morgan fingerprint density at radius 2 is 2.06 bits per heavy atom. The maximum absolute atomic E-state index is 11.3. The molecule has 6 heteroatoms. The number of carboxylic acid groups (broad SMARTS) is 1. The van der Waals surface area contributed by atoms with Crippen molar-refractivity contribution < 1.29 is 14.5 Å². The SMILES string of the molecule is CSc1ccc(N2c3ccc(/C=C/c4sc5c([n+]4CCC(=O)O)C=CCC5)cc3C3CCCC32)cc1. The maximum Gasteiger partial charge on any atom is 0.309 e. The lowest BCUT2D eigenvalue weighted by Crippen LogP contribution is -2.39. The van der Waals surface area contributed by atoms with Crippen LogP contribution >= 0.6 is 23.1 Å². The summed E-state index contributed by atoms with van der Waals surface area (Å²) < 4.78 is 2.18. The first-order valence-electron chi connectivity index (χ1n) is 12.8. The largest absolute Gasteiger partial charge is 0.481 e. The molecule has 0 amide bonds. The monoisotopic (exact) mass is 515 g/mol. The number of aryl methyl sites for hydroxylation is 1. The highest BCUT2D eigenvalue weighted by Gasteiger charge is 2.42. The van der Waals surface area contributed by atoms with E-state index in [9.17, 15) is 9.90 Å². The van der Waals surface area contributed by atoms with Crippen LogP contribution in [-0.4, -0.2) is 23.4 Å². The van der Waals surface area contributed by atoms with Gasteiger partial charge in [0, 0.05) is 40.4 Å². The number of aromatic nitrogens is 1. The van der Waals surface area contributed by atoms with Gasteiger partial charge in [0.25, 0.3) is 5.01 Å². The number of carbonyl (C=O) groups is 1. The molecule has 184 valence electrons. The Kier molecular flexibility index (Phi) is 6.48. The summed E-state index contributed by atoms with van der Waals surface area (Å²) in [5, 5.41) is 10.4. The number of nitrogens with zero attached hydrogens (tertiary/aromatic N) is 2. The van der Waals surface area contributed by atoms with E-state index < -0.39 is 5.97 Å². The fourth-order valence-corrected chi connectivity index (χ4v) is 7.66. The van der Waals surface area contributed by atoms with Gasteiger partial charge in [-0.2, -0.15) is 4.57 Å². The molecule has 3 aliphatic rings. The minimum Gasteiger partial charge on any atom is -0.481 e. The number of thioether (sulfide) groups is 1. The van der Waals surface area contributed by atoms with Gasteiger partial charge >= 0.3 is 5.97 Å². The molecule has 6 rings (SSSR count). The quantitative estimate of drug-likeness (QED) is 0.268. The van der Waals surface area contributed by atoms with Crippen molar-refractivity contribution in [1.29, 1.82) is 0 Å². The second kappa shape index (κ2) is 9.91. The van der Waals surface area contributed by atoms with Crippen molar-refractivity contribution in [1.82, 2.24) is 0 Å². The normalized spacial score (nSPS) is 20.1. The summed E-state index contributed by atoms with van der Waals surface area (Å²) in [6.45, 7) is 0.503. The average molecular weight is 516 g/mol. The summed E-state index contributed by atoms with van der Waals surface area (Å²) in [6, 6.07) is 16.5. The van der Waals surface area contributed by atoms with Gasteiger partial charge in [-0.1, -0.05) is 29.9 Å². The number of carboxylic acids is 1. The molecule has 1 aromatic heterocycles. The Labute approximate surface area is 221 Å². The van der Waals surface area contributed by atoms with Crippen LogP contribution in [0, 0.1) is 0 Å². The molecule has 2 unspecified atom stereocenters. The molecule has 4 nitrogen and oxygen atoms in total. The van der Waals surface area contributed by atoms with Gasteiger partial charge in [-0.15, -0.1) is 11.8 Å². The fourth-order valence-electron chi connectivity index (χ4n) is 6.06. The third-order valence-electron chi connectivity index (χ3n) is 7.72. The summed E-state index contributed by atoms with van der Waals surface area (Å²) in [4.78, 5) is 16.5. The number of hydrogen-bond donors (Lipinski definition) is 1. The molecule has 36 heavy (non-hydrogen) atoms. The van der Waals surface area contributed by atoms with E-state index >= 15 is 0 Å². The molecule has 0 bridgehead atoms. The Bertz CT molecular complexity index is 1360. The van der Waals surface area contributed by atoms with Crippen molar-refractivity contribution in [2.45, 2.75) is 61.9 Å². The third kappa shape index (κ3) is 4.31. The Hall–Kier alpha value is -2.83. The number of benzene rings is 2. The molecule has 2 atom stereocenters. The van der Waals surface area contributed by atoms with Crippen molar-refractivity contribution in [3.8, 4) is 0 Å². The maximum atomic E-state index is 11.3. The first kappa shape index (κ1) is 23.6. The van der Waals surface area contributed by atoms with Gasteiger partial charge in [0.1, 0.15) is 6.42 Å².